The zero-order chi connectivity index (χ0) is 17.6. The number of anilines is 1. The number of aryl methyl sites for hydroxylation is 1. The van der Waals surface area contributed by atoms with Gasteiger partial charge in [-0.05, 0) is 43.3 Å². The molecular formula is C19H15N3O2S. The predicted molar refractivity (Wildman–Crippen MR) is 96.7 cm³/mol. The molecule has 1 heterocycles. The van der Waals surface area contributed by atoms with Crippen molar-refractivity contribution >= 4 is 22.9 Å². The van der Waals surface area contributed by atoms with Crippen LogP contribution in [0.4, 0.5) is 5.69 Å². The number of amides is 1. The molecule has 0 fully saturated rings. The predicted octanol–water partition coefficient (Wildman–Crippen LogP) is 4.15. The molecule has 0 bridgehead atoms. The smallest absolute Gasteiger partial charge is 0.259 e. The number of carbonyl (C=O) groups is 1. The third-order valence-electron chi connectivity index (χ3n) is 3.45. The second-order valence-electron chi connectivity index (χ2n) is 5.29. The van der Waals surface area contributed by atoms with E-state index in [1.54, 1.807) is 53.8 Å². The number of carbonyl (C=O) groups excluding carboxylic acids is 1. The fourth-order valence-electron chi connectivity index (χ4n) is 2.23. The molecule has 0 saturated heterocycles. The fourth-order valence-corrected chi connectivity index (χ4v) is 2.83. The largest absolute Gasteiger partial charge is 0.486 e. The number of para-hydroxylation sites is 1. The summed E-state index contributed by atoms with van der Waals surface area (Å²) < 4.78 is 5.77. The summed E-state index contributed by atoms with van der Waals surface area (Å²) in [4.78, 5) is 16.9. The molecule has 0 atom stereocenters. The van der Waals surface area contributed by atoms with Gasteiger partial charge in [-0.15, -0.1) is 11.3 Å². The SMILES string of the molecule is Cc1nc(COc2ccccc2C(=O)Nc2ccc(C#N)cc2)cs1. The summed E-state index contributed by atoms with van der Waals surface area (Å²) in [5, 5.41) is 14.5. The van der Waals surface area contributed by atoms with Crippen LogP contribution < -0.4 is 10.1 Å². The average Bonchev–Trinajstić information content (AvgIpc) is 3.06. The number of nitriles is 1. The first-order chi connectivity index (χ1) is 12.2. The van der Waals surface area contributed by atoms with Gasteiger partial charge in [0.2, 0.25) is 0 Å². The summed E-state index contributed by atoms with van der Waals surface area (Å²) in [5.41, 5.74) is 2.44. The van der Waals surface area contributed by atoms with Crippen LogP contribution in [0, 0.1) is 18.3 Å². The lowest BCUT2D eigenvalue weighted by Gasteiger charge is -2.11. The number of nitrogens with one attached hydrogen (secondary N) is 1. The van der Waals surface area contributed by atoms with Gasteiger partial charge in [0.1, 0.15) is 12.4 Å². The lowest BCUT2D eigenvalue weighted by atomic mass is 10.1. The highest BCUT2D eigenvalue weighted by Crippen LogP contribution is 2.21. The van der Waals surface area contributed by atoms with Crippen molar-refractivity contribution in [3.63, 3.8) is 0 Å². The third kappa shape index (κ3) is 4.22. The van der Waals surface area contributed by atoms with E-state index < -0.39 is 0 Å². The number of hydrogen-bond acceptors (Lipinski definition) is 5. The lowest BCUT2D eigenvalue weighted by Crippen LogP contribution is -2.13. The Hall–Kier alpha value is -3.17. The molecule has 124 valence electrons. The van der Waals surface area contributed by atoms with Gasteiger partial charge < -0.3 is 10.1 Å². The summed E-state index contributed by atoms with van der Waals surface area (Å²) in [7, 11) is 0. The van der Waals surface area contributed by atoms with Gasteiger partial charge in [-0.3, -0.25) is 4.79 Å². The summed E-state index contributed by atoms with van der Waals surface area (Å²) >= 11 is 1.56. The first-order valence-electron chi connectivity index (χ1n) is 7.60. The molecule has 3 aromatic rings. The first kappa shape index (κ1) is 16.7. The van der Waals surface area contributed by atoms with E-state index in [-0.39, 0.29) is 5.91 Å². The van der Waals surface area contributed by atoms with E-state index >= 15 is 0 Å². The van der Waals surface area contributed by atoms with Crippen LogP contribution in [0.25, 0.3) is 0 Å². The number of aromatic nitrogens is 1. The van der Waals surface area contributed by atoms with E-state index in [1.807, 2.05) is 24.4 Å². The molecule has 1 N–H and O–H groups in total. The Morgan fingerprint density at radius 3 is 2.68 bits per heavy atom. The standard InChI is InChI=1S/C19H15N3O2S/c1-13-21-16(12-25-13)11-24-18-5-3-2-4-17(18)19(23)22-15-8-6-14(10-20)7-9-15/h2-9,12H,11H2,1H3,(H,22,23). The van der Waals surface area contributed by atoms with Crippen LogP contribution in [-0.2, 0) is 6.61 Å². The molecule has 0 unspecified atom stereocenters. The molecule has 0 aliphatic heterocycles. The quantitative estimate of drug-likeness (QED) is 0.751. The number of hydrogen-bond donors (Lipinski definition) is 1. The second-order valence-corrected chi connectivity index (χ2v) is 6.35. The molecule has 0 saturated carbocycles. The zero-order valence-corrected chi connectivity index (χ0v) is 14.3. The Balaban J connectivity index is 1.72. The maximum atomic E-state index is 12.5. The third-order valence-corrected chi connectivity index (χ3v) is 4.27. The van der Waals surface area contributed by atoms with E-state index in [4.69, 9.17) is 10.00 Å². The molecule has 3 rings (SSSR count). The van der Waals surface area contributed by atoms with Crippen molar-refractivity contribution in [1.29, 1.82) is 5.26 Å². The monoisotopic (exact) mass is 349 g/mol. The Morgan fingerprint density at radius 2 is 2.00 bits per heavy atom. The first-order valence-corrected chi connectivity index (χ1v) is 8.48. The molecule has 0 spiro atoms. The number of nitrogens with zero attached hydrogens (tertiary/aromatic N) is 2. The summed E-state index contributed by atoms with van der Waals surface area (Å²) in [5.74, 6) is 0.231. The van der Waals surface area contributed by atoms with E-state index in [0.717, 1.165) is 10.7 Å². The number of rotatable bonds is 5. The van der Waals surface area contributed by atoms with Crippen LogP contribution in [0.3, 0.4) is 0 Å². The van der Waals surface area contributed by atoms with Crippen molar-refractivity contribution < 1.29 is 9.53 Å². The van der Waals surface area contributed by atoms with Gasteiger partial charge in [0, 0.05) is 11.1 Å². The lowest BCUT2D eigenvalue weighted by molar-refractivity contribution is 0.102. The molecule has 2 aromatic carbocycles. The zero-order valence-electron chi connectivity index (χ0n) is 13.5. The minimum Gasteiger partial charge on any atom is -0.486 e. The molecule has 1 amide bonds. The molecule has 5 nitrogen and oxygen atoms in total. The van der Waals surface area contributed by atoms with Gasteiger partial charge in [-0.25, -0.2) is 4.98 Å². The van der Waals surface area contributed by atoms with Crippen LogP contribution in [0.1, 0.15) is 26.6 Å². The van der Waals surface area contributed by atoms with Crippen molar-refractivity contribution in [3.05, 3.63) is 75.7 Å². The second kappa shape index (κ2) is 7.60. The van der Waals surface area contributed by atoms with Gasteiger partial charge in [0.25, 0.3) is 5.91 Å². The number of benzene rings is 2. The maximum Gasteiger partial charge on any atom is 0.259 e. The normalized spacial score (nSPS) is 10.1. The van der Waals surface area contributed by atoms with Gasteiger partial charge >= 0.3 is 0 Å². The van der Waals surface area contributed by atoms with Crippen LogP contribution in [0.15, 0.2) is 53.9 Å². The van der Waals surface area contributed by atoms with Crippen molar-refractivity contribution in [2.24, 2.45) is 0 Å². The Morgan fingerprint density at radius 1 is 1.24 bits per heavy atom. The van der Waals surface area contributed by atoms with E-state index in [2.05, 4.69) is 10.3 Å². The van der Waals surface area contributed by atoms with Crippen LogP contribution in [0.5, 0.6) is 5.75 Å². The molecule has 6 heteroatoms. The summed E-state index contributed by atoms with van der Waals surface area (Å²) in [6.45, 7) is 2.25. The van der Waals surface area contributed by atoms with E-state index in [0.29, 0.717) is 29.2 Å². The van der Waals surface area contributed by atoms with Crippen molar-refractivity contribution in [1.82, 2.24) is 4.98 Å². The number of ether oxygens (including phenoxy) is 1. The van der Waals surface area contributed by atoms with Gasteiger partial charge in [0.15, 0.2) is 0 Å². The van der Waals surface area contributed by atoms with Crippen LogP contribution in [-0.4, -0.2) is 10.9 Å². The molecule has 1 aromatic heterocycles. The van der Waals surface area contributed by atoms with Gasteiger partial charge in [0.05, 0.1) is 27.9 Å². The average molecular weight is 349 g/mol. The van der Waals surface area contributed by atoms with E-state index in [9.17, 15) is 4.79 Å². The topological polar surface area (TPSA) is 75.0 Å². The summed E-state index contributed by atoms with van der Waals surface area (Å²) in [6, 6.07) is 15.8. The van der Waals surface area contributed by atoms with E-state index in [1.165, 1.54) is 0 Å². The number of thiazole rings is 1. The van der Waals surface area contributed by atoms with Crippen LogP contribution in [0.2, 0.25) is 0 Å². The van der Waals surface area contributed by atoms with Gasteiger partial charge in [-0.2, -0.15) is 5.26 Å². The molecule has 25 heavy (non-hydrogen) atoms. The van der Waals surface area contributed by atoms with Crippen molar-refractivity contribution in [3.8, 4) is 11.8 Å². The molecular weight excluding hydrogens is 334 g/mol. The minimum atomic E-state index is -0.269. The Labute approximate surface area is 149 Å². The Kier molecular flexibility index (Phi) is 5.07. The minimum absolute atomic E-state index is 0.269. The molecule has 0 radical (unpaired) electrons. The van der Waals surface area contributed by atoms with Crippen LogP contribution >= 0.6 is 11.3 Å². The molecule has 0 aliphatic carbocycles. The highest BCUT2D eigenvalue weighted by Gasteiger charge is 2.13. The Bertz CT molecular complexity index is 926. The van der Waals surface area contributed by atoms with Crippen molar-refractivity contribution in [2.75, 3.05) is 5.32 Å². The van der Waals surface area contributed by atoms with Gasteiger partial charge in [-0.1, -0.05) is 12.1 Å². The van der Waals surface area contributed by atoms with Crippen molar-refractivity contribution in [2.45, 2.75) is 13.5 Å². The molecule has 0 aliphatic rings. The fraction of sp³-hybridized carbons (Fsp3) is 0.105. The highest BCUT2D eigenvalue weighted by atomic mass is 32.1. The maximum absolute atomic E-state index is 12.5. The summed E-state index contributed by atoms with van der Waals surface area (Å²) in [6.07, 6.45) is 0. The highest BCUT2D eigenvalue weighted by molar-refractivity contribution is 7.09.